The molecule has 1 amide bonds. The number of likely N-dealkylation sites (tertiary alicyclic amines) is 1. The van der Waals surface area contributed by atoms with Crippen LogP contribution in [0.25, 0.3) is 0 Å². The van der Waals surface area contributed by atoms with E-state index in [4.69, 9.17) is 5.73 Å². The van der Waals surface area contributed by atoms with E-state index in [2.05, 4.69) is 4.90 Å². The van der Waals surface area contributed by atoms with E-state index in [-0.39, 0.29) is 5.91 Å². The molecule has 0 radical (unpaired) electrons. The van der Waals surface area contributed by atoms with Crippen LogP contribution in [0.5, 0.6) is 0 Å². The standard InChI is InChI=1S/C15H29N3O/c1-17(10-5-9-16)15(19)12-18-11-4-7-13-6-2-3-8-14(13)18/h13-14H,2-12,16H2,1H3. The first-order valence-electron chi connectivity index (χ1n) is 7.90. The Bertz CT molecular complexity index is 293. The van der Waals surface area contributed by atoms with Gasteiger partial charge in [0.2, 0.25) is 5.91 Å². The highest BCUT2D eigenvalue weighted by Gasteiger charge is 2.34. The third kappa shape index (κ3) is 3.93. The zero-order chi connectivity index (χ0) is 13.7. The van der Waals surface area contributed by atoms with E-state index in [9.17, 15) is 4.79 Å². The fourth-order valence-electron chi connectivity index (χ4n) is 3.67. The molecule has 2 N–H and O–H groups in total. The average Bonchev–Trinajstić information content (AvgIpc) is 2.45. The molecule has 1 heterocycles. The molecule has 4 heteroatoms. The van der Waals surface area contributed by atoms with Crippen LogP contribution in [0, 0.1) is 5.92 Å². The lowest BCUT2D eigenvalue weighted by atomic mass is 9.78. The molecule has 0 aromatic heterocycles. The van der Waals surface area contributed by atoms with E-state index in [0.29, 0.717) is 19.1 Å². The lowest BCUT2D eigenvalue weighted by molar-refractivity contribution is -0.132. The normalized spacial score (nSPS) is 27.9. The number of fused-ring (bicyclic) bond motifs is 1. The summed E-state index contributed by atoms with van der Waals surface area (Å²) in [6, 6.07) is 0.675. The van der Waals surface area contributed by atoms with Gasteiger partial charge in [0.1, 0.15) is 0 Å². The SMILES string of the molecule is CN(CCCN)C(=O)CN1CCCC2CCCCC21. The van der Waals surface area contributed by atoms with Gasteiger partial charge in [-0.15, -0.1) is 0 Å². The Kier molecular flexibility index (Phi) is 5.64. The first-order valence-corrected chi connectivity index (χ1v) is 7.90. The predicted octanol–water partition coefficient (Wildman–Crippen LogP) is 1.45. The van der Waals surface area contributed by atoms with Gasteiger partial charge in [-0.25, -0.2) is 0 Å². The van der Waals surface area contributed by atoms with Crippen LogP contribution in [0.3, 0.4) is 0 Å². The second kappa shape index (κ2) is 7.25. The largest absolute Gasteiger partial charge is 0.345 e. The zero-order valence-corrected chi connectivity index (χ0v) is 12.3. The molecule has 0 spiro atoms. The molecule has 0 aromatic rings. The Morgan fingerprint density at radius 1 is 1.26 bits per heavy atom. The van der Waals surface area contributed by atoms with E-state index in [1.807, 2.05) is 11.9 Å². The molecule has 2 fully saturated rings. The van der Waals surface area contributed by atoms with Gasteiger partial charge in [-0.05, 0) is 51.1 Å². The maximum absolute atomic E-state index is 12.2. The van der Waals surface area contributed by atoms with Crippen LogP contribution in [0.4, 0.5) is 0 Å². The van der Waals surface area contributed by atoms with Crippen LogP contribution in [-0.4, -0.2) is 55.0 Å². The van der Waals surface area contributed by atoms with Gasteiger partial charge >= 0.3 is 0 Å². The number of nitrogens with zero attached hydrogens (tertiary/aromatic N) is 2. The molecule has 2 aliphatic rings. The van der Waals surface area contributed by atoms with Gasteiger partial charge in [-0.2, -0.15) is 0 Å². The highest BCUT2D eigenvalue weighted by molar-refractivity contribution is 5.78. The topological polar surface area (TPSA) is 49.6 Å². The molecular formula is C15H29N3O. The zero-order valence-electron chi connectivity index (χ0n) is 12.3. The number of hydrogen-bond donors (Lipinski definition) is 1. The molecule has 110 valence electrons. The number of amides is 1. The molecule has 0 aromatic carbocycles. The van der Waals surface area contributed by atoms with E-state index < -0.39 is 0 Å². The van der Waals surface area contributed by atoms with E-state index >= 15 is 0 Å². The van der Waals surface area contributed by atoms with Gasteiger partial charge in [-0.1, -0.05) is 12.8 Å². The average molecular weight is 267 g/mol. The van der Waals surface area contributed by atoms with Crippen LogP contribution in [0.2, 0.25) is 0 Å². The second-order valence-electron chi connectivity index (χ2n) is 6.18. The van der Waals surface area contributed by atoms with Crippen molar-refractivity contribution in [1.29, 1.82) is 0 Å². The van der Waals surface area contributed by atoms with Crippen LogP contribution < -0.4 is 5.73 Å². The Balaban J connectivity index is 1.84. The van der Waals surface area contributed by atoms with Crippen molar-refractivity contribution in [2.75, 3.05) is 33.2 Å². The molecule has 1 aliphatic heterocycles. The van der Waals surface area contributed by atoms with Gasteiger partial charge in [0.15, 0.2) is 0 Å². The fourth-order valence-corrected chi connectivity index (χ4v) is 3.67. The van der Waals surface area contributed by atoms with Crippen LogP contribution >= 0.6 is 0 Å². The number of nitrogens with two attached hydrogens (primary N) is 1. The Morgan fingerprint density at radius 3 is 2.79 bits per heavy atom. The summed E-state index contributed by atoms with van der Waals surface area (Å²) in [5.74, 6) is 1.12. The number of rotatable bonds is 5. The number of carbonyl (C=O) groups excluding carboxylic acids is 1. The summed E-state index contributed by atoms with van der Waals surface area (Å²) in [5.41, 5.74) is 5.50. The molecule has 2 unspecified atom stereocenters. The van der Waals surface area contributed by atoms with Crippen molar-refractivity contribution in [2.45, 2.75) is 51.0 Å². The third-order valence-corrected chi connectivity index (χ3v) is 4.82. The van der Waals surface area contributed by atoms with Crippen molar-refractivity contribution in [2.24, 2.45) is 11.7 Å². The van der Waals surface area contributed by atoms with Crippen molar-refractivity contribution in [3.63, 3.8) is 0 Å². The summed E-state index contributed by atoms with van der Waals surface area (Å²) in [5, 5.41) is 0. The Hall–Kier alpha value is -0.610. The lowest BCUT2D eigenvalue weighted by Gasteiger charge is -2.44. The van der Waals surface area contributed by atoms with Gasteiger partial charge in [0.05, 0.1) is 6.54 Å². The van der Waals surface area contributed by atoms with E-state index in [1.165, 1.54) is 38.5 Å². The minimum absolute atomic E-state index is 0.264. The van der Waals surface area contributed by atoms with Gasteiger partial charge < -0.3 is 10.6 Å². The van der Waals surface area contributed by atoms with Crippen molar-refractivity contribution < 1.29 is 4.79 Å². The number of hydrogen-bond acceptors (Lipinski definition) is 3. The van der Waals surface area contributed by atoms with E-state index in [1.54, 1.807) is 0 Å². The van der Waals surface area contributed by atoms with Crippen LogP contribution in [-0.2, 0) is 4.79 Å². The van der Waals surface area contributed by atoms with Gasteiger partial charge in [0.25, 0.3) is 0 Å². The summed E-state index contributed by atoms with van der Waals surface area (Å²) in [6.07, 6.45) is 8.94. The highest BCUT2D eigenvalue weighted by Crippen LogP contribution is 2.35. The molecule has 2 rings (SSSR count). The quantitative estimate of drug-likeness (QED) is 0.820. The number of likely N-dealkylation sites (N-methyl/N-ethyl adjacent to an activating group) is 1. The smallest absolute Gasteiger partial charge is 0.236 e. The fraction of sp³-hybridized carbons (Fsp3) is 0.933. The molecular weight excluding hydrogens is 238 g/mol. The Labute approximate surface area is 117 Å². The first kappa shape index (κ1) is 14.8. The first-order chi connectivity index (χ1) is 9.22. The molecule has 19 heavy (non-hydrogen) atoms. The van der Waals surface area contributed by atoms with Crippen molar-refractivity contribution in [1.82, 2.24) is 9.80 Å². The monoisotopic (exact) mass is 267 g/mol. The Morgan fingerprint density at radius 2 is 2.00 bits per heavy atom. The number of carbonyl (C=O) groups is 1. The summed E-state index contributed by atoms with van der Waals surface area (Å²) >= 11 is 0. The maximum Gasteiger partial charge on any atom is 0.236 e. The molecule has 0 bridgehead atoms. The van der Waals surface area contributed by atoms with Crippen molar-refractivity contribution in [3.8, 4) is 0 Å². The summed E-state index contributed by atoms with van der Waals surface area (Å²) in [7, 11) is 1.90. The molecule has 1 saturated carbocycles. The predicted molar refractivity (Wildman–Crippen MR) is 77.9 cm³/mol. The number of piperidine rings is 1. The van der Waals surface area contributed by atoms with Crippen LogP contribution in [0.15, 0.2) is 0 Å². The molecule has 2 atom stereocenters. The summed E-state index contributed by atoms with van der Waals surface area (Å²) in [6.45, 7) is 3.17. The second-order valence-corrected chi connectivity index (χ2v) is 6.18. The summed E-state index contributed by atoms with van der Waals surface area (Å²) in [4.78, 5) is 16.5. The third-order valence-electron chi connectivity index (χ3n) is 4.82. The maximum atomic E-state index is 12.2. The molecule has 1 aliphatic carbocycles. The van der Waals surface area contributed by atoms with Gasteiger partial charge in [-0.3, -0.25) is 9.69 Å². The highest BCUT2D eigenvalue weighted by atomic mass is 16.2. The van der Waals surface area contributed by atoms with Crippen molar-refractivity contribution in [3.05, 3.63) is 0 Å². The minimum atomic E-state index is 0.264. The molecule has 4 nitrogen and oxygen atoms in total. The van der Waals surface area contributed by atoms with Crippen LogP contribution in [0.1, 0.15) is 44.9 Å². The van der Waals surface area contributed by atoms with Gasteiger partial charge in [0, 0.05) is 19.6 Å². The van der Waals surface area contributed by atoms with Crippen molar-refractivity contribution >= 4 is 5.91 Å². The van der Waals surface area contributed by atoms with E-state index in [0.717, 1.165) is 25.4 Å². The lowest BCUT2D eigenvalue weighted by Crippen LogP contribution is -2.50. The summed E-state index contributed by atoms with van der Waals surface area (Å²) < 4.78 is 0. The molecule has 1 saturated heterocycles. The minimum Gasteiger partial charge on any atom is -0.345 e.